The molecule has 0 bridgehead atoms. The molecule has 0 radical (unpaired) electrons. The van der Waals surface area contributed by atoms with Crippen LogP contribution in [-0.4, -0.2) is 40.5 Å². The van der Waals surface area contributed by atoms with Crippen LogP contribution in [0.1, 0.15) is 0 Å². The first kappa shape index (κ1) is 9.21. The molecule has 72 valence electrons. The Morgan fingerprint density at radius 1 is 1.46 bits per heavy atom. The zero-order valence-corrected chi connectivity index (χ0v) is 8.29. The van der Waals surface area contributed by atoms with Crippen molar-refractivity contribution in [2.45, 2.75) is 12.2 Å². The highest BCUT2D eigenvalue weighted by molar-refractivity contribution is 7.19. The first-order valence-electron chi connectivity index (χ1n) is 3.89. The molecule has 1 aromatic heterocycles. The molecule has 2 N–H and O–H groups in total. The lowest BCUT2D eigenvalue weighted by Crippen LogP contribution is -2.22. The predicted molar refractivity (Wildman–Crippen MR) is 51.4 cm³/mol. The Hall–Kier alpha value is -0.360. The third-order valence-corrected chi connectivity index (χ3v) is 3.17. The van der Waals surface area contributed by atoms with Gasteiger partial charge in [-0.15, -0.1) is 0 Å². The van der Waals surface area contributed by atoms with E-state index in [1.54, 1.807) is 6.20 Å². The van der Waals surface area contributed by atoms with Crippen molar-refractivity contribution in [2.24, 2.45) is 0 Å². The summed E-state index contributed by atoms with van der Waals surface area (Å²) < 4.78 is 0.617. The summed E-state index contributed by atoms with van der Waals surface area (Å²) in [6.07, 6.45) is 0.212. The van der Waals surface area contributed by atoms with Crippen LogP contribution >= 0.6 is 22.9 Å². The van der Waals surface area contributed by atoms with Crippen LogP contribution in [0, 0.1) is 0 Å². The number of hydrogen-bond acceptors (Lipinski definition) is 5. The molecule has 6 heteroatoms. The van der Waals surface area contributed by atoms with E-state index in [2.05, 4.69) is 4.98 Å². The van der Waals surface area contributed by atoms with Gasteiger partial charge in [-0.1, -0.05) is 22.9 Å². The van der Waals surface area contributed by atoms with Crippen LogP contribution in [0.15, 0.2) is 6.20 Å². The normalized spacial score (nSPS) is 28.4. The van der Waals surface area contributed by atoms with Gasteiger partial charge in [-0.05, 0) is 0 Å². The second-order valence-corrected chi connectivity index (χ2v) is 4.63. The van der Waals surface area contributed by atoms with Crippen molar-refractivity contribution in [3.63, 3.8) is 0 Å². The largest absolute Gasteiger partial charge is 0.389 e. The van der Waals surface area contributed by atoms with Crippen molar-refractivity contribution >= 4 is 28.1 Å². The Balaban J connectivity index is 2.11. The molecule has 0 spiro atoms. The van der Waals surface area contributed by atoms with Gasteiger partial charge >= 0.3 is 0 Å². The van der Waals surface area contributed by atoms with Gasteiger partial charge in [0, 0.05) is 13.1 Å². The second-order valence-electron chi connectivity index (χ2n) is 2.99. The van der Waals surface area contributed by atoms with E-state index >= 15 is 0 Å². The minimum Gasteiger partial charge on any atom is -0.389 e. The third kappa shape index (κ3) is 1.78. The molecule has 0 saturated carbocycles. The number of β-amino-alcohol motifs (C(OH)–C–C–N with tert-alkyl or cyclic N) is 2. The fourth-order valence-electron chi connectivity index (χ4n) is 1.32. The van der Waals surface area contributed by atoms with E-state index in [9.17, 15) is 10.2 Å². The fraction of sp³-hybridized carbons (Fsp3) is 0.571. The molecule has 0 amide bonds. The Kier molecular flexibility index (Phi) is 2.42. The van der Waals surface area contributed by atoms with Gasteiger partial charge < -0.3 is 15.1 Å². The van der Waals surface area contributed by atoms with Crippen molar-refractivity contribution < 1.29 is 10.2 Å². The molecular formula is C7H9ClN2O2S. The molecule has 2 rings (SSSR count). The van der Waals surface area contributed by atoms with Gasteiger partial charge in [0.15, 0.2) is 5.13 Å². The van der Waals surface area contributed by atoms with Crippen LogP contribution in [0.5, 0.6) is 0 Å². The van der Waals surface area contributed by atoms with Gasteiger partial charge in [-0.25, -0.2) is 4.98 Å². The molecule has 1 saturated heterocycles. The molecule has 2 heterocycles. The summed E-state index contributed by atoms with van der Waals surface area (Å²) in [4.78, 5) is 5.88. The van der Waals surface area contributed by atoms with E-state index in [1.165, 1.54) is 11.3 Å². The molecule has 0 aliphatic carbocycles. The second kappa shape index (κ2) is 3.42. The standard InChI is InChI=1S/C7H9ClN2O2S/c8-6-1-9-7(13-6)10-2-4(11)5(12)3-10/h1,4-5,11-12H,2-3H2/t4-,5+. The van der Waals surface area contributed by atoms with Crippen molar-refractivity contribution in [3.05, 3.63) is 10.5 Å². The Bertz CT molecular complexity index is 296. The quantitative estimate of drug-likeness (QED) is 0.717. The summed E-state index contributed by atoms with van der Waals surface area (Å²) >= 11 is 7.06. The maximum Gasteiger partial charge on any atom is 0.186 e. The average Bonchev–Trinajstić information content (AvgIpc) is 2.61. The van der Waals surface area contributed by atoms with Crippen LogP contribution < -0.4 is 4.90 Å². The lowest BCUT2D eigenvalue weighted by Gasteiger charge is -2.12. The molecule has 2 atom stereocenters. The number of rotatable bonds is 1. The van der Waals surface area contributed by atoms with E-state index in [0.29, 0.717) is 17.4 Å². The van der Waals surface area contributed by atoms with Gasteiger partial charge in [0.2, 0.25) is 0 Å². The number of halogens is 1. The highest BCUT2D eigenvalue weighted by Crippen LogP contribution is 2.28. The summed E-state index contributed by atoms with van der Waals surface area (Å²) in [5.74, 6) is 0. The zero-order chi connectivity index (χ0) is 9.42. The van der Waals surface area contributed by atoms with Crippen LogP contribution in [-0.2, 0) is 0 Å². The average molecular weight is 221 g/mol. The molecule has 1 aromatic rings. The number of nitrogens with zero attached hydrogens (tertiary/aromatic N) is 2. The number of aliphatic hydroxyl groups excluding tert-OH is 2. The van der Waals surface area contributed by atoms with E-state index in [0.717, 1.165) is 5.13 Å². The zero-order valence-electron chi connectivity index (χ0n) is 6.72. The molecule has 1 aliphatic heterocycles. The number of aliphatic hydroxyl groups is 2. The van der Waals surface area contributed by atoms with Gasteiger partial charge in [0.1, 0.15) is 4.34 Å². The van der Waals surface area contributed by atoms with Gasteiger partial charge in [0.05, 0.1) is 18.4 Å². The molecule has 13 heavy (non-hydrogen) atoms. The Morgan fingerprint density at radius 3 is 2.54 bits per heavy atom. The summed E-state index contributed by atoms with van der Waals surface area (Å²) in [5, 5.41) is 19.3. The Morgan fingerprint density at radius 2 is 2.08 bits per heavy atom. The van der Waals surface area contributed by atoms with Crippen LogP contribution in [0.3, 0.4) is 0 Å². The van der Waals surface area contributed by atoms with Crippen LogP contribution in [0.25, 0.3) is 0 Å². The number of hydrogen-bond donors (Lipinski definition) is 2. The highest BCUT2D eigenvalue weighted by atomic mass is 35.5. The smallest absolute Gasteiger partial charge is 0.186 e. The van der Waals surface area contributed by atoms with Crippen molar-refractivity contribution in [1.82, 2.24) is 4.98 Å². The number of anilines is 1. The third-order valence-electron chi connectivity index (χ3n) is 1.99. The first-order valence-corrected chi connectivity index (χ1v) is 5.08. The molecule has 0 unspecified atom stereocenters. The minimum absolute atomic E-state index is 0.422. The number of thiazole rings is 1. The first-order chi connectivity index (χ1) is 6.16. The molecule has 4 nitrogen and oxygen atoms in total. The summed E-state index contributed by atoms with van der Waals surface area (Å²) in [7, 11) is 0. The maximum atomic E-state index is 9.29. The van der Waals surface area contributed by atoms with Crippen molar-refractivity contribution in [1.29, 1.82) is 0 Å². The van der Waals surface area contributed by atoms with Crippen LogP contribution in [0.2, 0.25) is 4.34 Å². The minimum atomic E-state index is -0.678. The molecular weight excluding hydrogens is 212 g/mol. The summed E-state index contributed by atoms with van der Waals surface area (Å²) in [6, 6.07) is 0. The van der Waals surface area contributed by atoms with Gasteiger partial charge in [0.25, 0.3) is 0 Å². The van der Waals surface area contributed by atoms with Gasteiger partial charge in [-0.2, -0.15) is 0 Å². The van der Waals surface area contributed by atoms with E-state index in [-0.39, 0.29) is 0 Å². The fourth-order valence-corrected chi connectivity index (χ4v) is 2.24. The van der Waals surface area contributed by atoms with E-state index < -0.39 is 12.2 Å². The van der Waals surface area contributed by atoms with Crippen LogP contribution in [0.4, 0.5) is 5.13 Å². The molecule has 1 aliphatic rings. The van der Waals surface area contributed by atoms with Crippen molar-refractivity contribution in [2.75, 3.05) is 18.0 Å². The number of aromatic nitrogens is 1. The Labute approximate surface area is 84.4 Å². The molecule has 1 fully saturated rings. The lowest BCUT2D eigenvalue weighted by molar-refractivity contribution is 0.0572. The topological polar surface area (TPSA) is 56.6 Å². The summed E-state index contributed by atoms with van der Waals surface area (Å²) in [6.45, 7) is 0.843. The molecule has 0 aromatic carbocycles. The SMILES string of the molecule is O[C@@H]1CN(c2ncc(Cl)s2)C[C@@H]1O. The van der Waals surface area contributed by atoms with E-state index in [1.807, 2.05) is 4.90 Å². The van der Waals surface area contributed by atoms with Gasteiger partial charge in [-0.3, -0.25) is 0 Å². The predicted octanol–water partition coefficient (Wildman–Crippen LogP) is 0.338. The monoisotopic (exact) mass is 220 g/mol. The summed E-state index contributed by atoms with van der Waals surface area (Å²) in [5.41, 5.74) is 0. The van der Waals surface area contributed by atoms with Crippen molar-refractivity contribution in [3.8, 4) is 0 Å². The highest BCUT2D eigenvalue weighted by Gasteiger charge is 2.30. The maximum absolute atomic E-state index is 9.29. The van der Waals surface area contributed by atoms with E-state index in [4.69, 9.17) is 11.6 Å². The lowest BCUT2D eigenvalue weighted by atomic mass is 10.3.